The third kappa shape index (κ3) is 3.21. The van der Waals surface area contributed by atoms with Gasteiger partial charge in [0.15, 0.2) is 5.83 Å². The summed E-state index contributed by atoms with van der Waals surface area (Å²) in [7, 11) is 0. The first-order chi connectivity index (χ1) is 11.1. The van der Waals surface area contributed by atoms with Gasteiger partial charge in [0, 0.05) is 17.2 Å². The second-order valence-corrected chi connectivity index (χ2v) is 5.04. The summed E-state index contributed by atoms with van der Waals surface area (Å²) in [6.45, 7) is 0. The summed E-state index contributed by atoms with van der Waals surface area (Å²) in [5, 5.41) is 15.2. The van der Waals surface area contributed by atoms with Gasteiger partial charge >= 0.3 is 0 Å². The highest BCUT2D eigenvalue weighted by atomic mass is 19.1. The second-order valence-electron chi connectivity index (χ2n) is 5.04. The van der Waals surface area contributed by atoms with Gasteiger partial charge in [-0.3, -0.25) is 10.8 Å². The van der Waals surface area contributed by atoms with Gasteiger partial charge in [-0.05, 0) is 6.08 Å². The predicted octanol–water partition coefficient (Wildman–Crippen LogP) is 4.31. The van der Waals surface area contributed by atoms with Gasteiger partial charge in [0.25, 0.3) is 0 Å². The minimum Gasteiger partial charge on any atom is -0.299 e. The van der Waals surface area contributed by atoms with Crippen LogP contribution in [0.2, 0.25) is 0 Å². The molecule has 112 valence electrons. The van der Waals surface area contributed by atoms with E-state index in [4.69, 9.17) is 10.8 Å². The van der Waals surface area contributed by atoms with Gasteiger partial charge in [-0.25, -0.2) is 9.38 Å². The van der Waals surface area contributed by atoms with E-state index in [1.807, 2.05) is 60.7 Å². The minimum absolute atomic E-state index is 0.0503. The lowest BCUT2D eigenvalue weighted by atomic mass is 10.0. The second kappa shape index (κ2) is 6.32. The lowest BCUT2D eigenvalue weighted by molar-refractivity contribution is 0.650. The Bertz CT molecular complexity index is 805. The molecule has 0 heterocycles. The van der Waals surface area contributed by atoms with Crippen molar-refractivity contribution >= 4 is 17.1 Å². The van der Waals surface area contributed by atoms with Crippen LogP contribution in [0.25, 0.3) is 0 Å². The van der Waals surface area contributed by atoms with Gasteiger partial charge in [0.1, 0.15) is 5.70 Å². The van der Waals surface area contributed by atoms with Crippen molar-refractivity contribution in [3.05, 3.63) is 95.5 Å². The van der Waals surface area contributed by atoms with Gasteiger partial charge in [-0.1, -0.05) is 60.7 Å². The zero-order valence-corrected chi connectivity index (χ0v) is 12.3. The van der Waals surface area contributed by atoms with Crippen molar-refractivity contribution in [3.8, 4) is 0 Å². The van der Waals surface area contributed by atoms with Crippen molar-refractivity contribution in [3.63, 3.8) is 0 Å². The van der Waals surface area contributed by atoms with E-state index in [2.05, 4.69) is 4.99 Å². The monoisotopic (exact) mass is 303 g/mol. The van der Waals surface area contributed by atoms with Crippen LogP contribution in [0.3, 0.4) is 0 Å². The largest absolute Gasteiger partial charge is 0.299 e. The SMILES string of the molecule is N=C1C=C(F)C(N=C(c2ccccc2)c2ccccc2)=CC1=N. The number of nitrogens with zero attached hydrogens (tertiary/aromatic N) is 1. The molecule has 0 saturated heterocycles. The third-order valence-corrected chi connectivity index (χ3v) is 3.41. The van der Waals surface area contributed by atoms with Gasteiger partial charge in [-0.15, -0.1) is 0 Å². The molecular formula is C19H14FN3. The van der Waals surface area contributed by atoms with Gasteiger partial charge < -0.3 is 0 Å². The van der Waals surface area contributed by atoms with Crippen molar-refractivity contribution in [2.24, 2.45) is 4.99 Å². The molecule has 0 atom stereocenters. The molecule has 0 bridgehead atoms. The highest BCUT2D eigenvalue weighted by Crippen LogP contribution is 2.21. The zero-order valence-electron chi connectivity index (χ0n) is 12.3. The predicted molar refractivity (Wildman–Crippen MR) is 91.3 cm³/mol. The maximum atomic E-state index is 14.1. The molecule has 2 N–H and O–H groups in total. The molecule has 2 aromatic carbocycles. The van der Waals surface area contributed by atoms with E-state index in [-0.39, 0.29) is 17.1 Å². The van der Waals surface area contributed by atoms with Crippen LogP contribution in [0.15, 0.2) is 89.3 Å². The number of halogens is 1. The molecule has 23 heavy (non-hydrogen) atoms. The molecule has 3 rings (SSSR count). The van der Waals surface area contributed by atoms with Crippen LogP contribution < -0.4 is 0 Å². The van der Waals surface area contributed by atoms with E-state index in [9.17, 15) is 4.39 Å². The Hall–Kier alpha value is -3.14. The van der Waals surface area contributed by atoms with E-state index >= 15 is 0 Å². The summed E-state index contributed by atoms with van der Waals surface area (Å²) < 4.78 is 14.1. The summed E-state index contributed by atoms with van der Waals surface area (Å²) in [5.74, 6) is -0.602. The van der Waals surface area contributed by atoms with Crippen molar-refractivity contribution < 1.29 is 4.39 Å². The van der Waals surface area contributed by atoms with Crippen LogP contribution in [-0.4, -0.2) is 17.1 Å². The first kappa shape index (κ1) is 14.8. The molecule has 0 radical (unpaired) electrons. The number of aliphatic imine (C=N–C) groups is 1. The normalized spacial score (nSPS) is 14.1. The number of benzene rings is 2. The van der Waals surface area contributed by atoms with Crippen molar-refractivity contribution in [2.75, 3.05) is 0 Å². The maximum absolute atomic E-state index is 14.1. The van der Waals surface area contributed by atoms with E-state index in [1.165, 1.54) is 6.08 Å². The van der Waals surface area contributed by atoms with Crippen LogP contribution in [0.5, 0.6) is 0 Å². The quantitative estimate of drug-likeness (QED) is 0.627. The summed E-state index contributed by atoms with van der Waals surface area (Å²) in [6, 6.07) is 19.0. The van der Waals surface area contributed by atoms with Crippen molar-refractivity contribution in [1.29, 1.82) is 10.8 Å². The highest BCUT2D eigenvalue weighted by Gasteiger charge is 2.16. The van der Waals surface area contributed by atoms with E-state index in [0.29, 0.717) is 5.71 Å². The molecule has 0 unspecified atom stereocenters. The number of allylic oxidation sites excluding steroid dienone is 3. The van der Waals surface area contributed by atoms with Crippen molar-refractivity contribution in [1.82, 2.24) is 0 Å². The summed E-state index contributed by atoms with van der Waals surface area (Å²) >= 11 is 0. The third-order valence-electron chi connectivity index (χ3n) is 3.41. The molecule has 0 fully saturated rings. The lowest BCUT2D eigenvalue weighted by Crippen LogP contribution is -2.13. The summed E-state index contributed by atoms with van der Waals surface area (Å²) in [4.78, 5) is 4.44. The van der Waals surface area contributed by atoms with Crippen LogP contribution >= 0.6 is 0 Å². The molecule has 3 nitrogen and oxygen atoms in total. The van der Waals surface area contributed by atoms with Crippen LogP contribution in [0.4, 0.5) is 4.39 Å². The molecule has 2 aromatic rings. The maximum Gasteiger partial charge on any atom is 0.151 e. The van der Waals surface area contributed by atoms with Crippen LogP contribution in [-0.2, 0) is 0 Å². The fourth-order valence-corrected chi connectivity index (χ4v) is 2.26. The highest BCUT2D eigenvalue weighted by molar-refractivity contribution is 6.49. The van der Waals surface area contributed by atoms with E-state index in [1.54, 1.807) is 0 Å². The first-order valence-corrected chi connectivity index (χ1v) is 7.11. The summed E-state index contributed by atoms with van der Waals surface area (Å²) in [6.07, 6.45) is 2.30. The molecule has 4 heteroatoms. The molecule has 1 aliphatic rings. The Balaban J connectivity index is 2.13. The Labute approximate surface area is 133 Å². The Morgan fingerprint density at radius 1 is 0.739 bits per heavy atom. The average molecular weight is 303 g/mol. The Morgan fingerprint density at radius 3 is 1.74 bits per heavy atom. The van der Waals surface area contributed by atoms with Gasteiger partial charge in [0.05, 0.1) is 17.1 Å². The van der Waals surface area contributed by atoms with E-state index < -0.39 is 5.83 Å². The van der Waals surface area contributed by atoms with Gasteiger partial charge in [0.2, 0.25) is 0 Å². The molecule has 0 spiro atoms. The van der Waals surface area contributed by atoms with Crippen LogP contribution in [0, 0.1) is 10.8 Å². The number of nitrogens with one attached hydrogen (secondary N) is 2. The van der Waals surface area contributed by atoms with Crippen molar-refractivity contribution in [2.45, 2.75) is 0 Å². The Morgan fingerprint density at radius 2 is 1.22 bits per heavy atom. The molecule has 1 aliphatic carbocycles. The molecule has 0 amide bonds. The zero-order chi connectivity index (χ0) is 16.2. The standard InChI is InChI=1S/C19H14FN3/c20-15-11-16(21)17(22)12-18(15)23-19(13-7-3-1-4-8-13)14-9-5-2-6-10-14/h1-12,21-22H. The average Bonchev–Trinajstić information content (AvgIpc) is 2.58. The smallest absolute Gasteiger partial charge is 0.151 e. The summed E-state index contributed by atoms with van der Waals surface area (Å²) in [5.41, 5.74) is 2.21. The Kier molecular flexibility index (Phi) is 4.06. The fourth-order valence-electron chi connectivity index (χ4n) is 2.26. The van der Waals surface area contributed by atoms with E-state index in [0.717, 1.165) is 17.2 Å². The number of hydrogen-bond acceptors (Lipinski definition) is 3. The fraction of sp³-hybridized carbons (Fsp3) is 0. The molecule has 0 aromatic heterocycles. The number of rotatable bonds is 3. The number of hydrogen-bond donors (Lipinski definition) is 2. The minimum atomic E-state index is -0.602. The topological polar surface area (TPSA) is 60.1 Å². The van der Waals surface area contributed by atoms with Gasteiger partial charge in [-0.2, -0.15) is 0 Å². The molecular weight excluding hydrogens is 289 g/mol. The molecule has 0 aliphatic heterocycles. The first-order valence-electron chi connectivity index (χ1n) is 7.11. The molecule has 0 saturated carbocycles. The lowest BCUT2D eigenvalue weighted by Gasteiger charge is -2.11. The van der Waals surface area contributed by atoms with Crippen LogP contribution in [0.1, 0.15) is 11.1 Å².